The minimum atomic E-state index is -1.50. The molecule has 0 saturated carbocycles. The van der Waals surface area contributed by atoms with E-state index >= 15 is 0 Å². The number of carbonyl (C=O) groups excluding carboxylic acids is 6. The average Bonchev–Trinajstić information content (AvgIpc) is 3.98. The highest BCUT2D eigenvalue weighted by atomic mass is 16.5. The zero-order valence-electron chi connectivity index (χ0n) is 34.3. The highest BCUT2D eigenvalue weighted by Crippen LogP contribution is 2.24. The lowest BCUT2D eigenvalue weighted by Gasteiger charge is -2.29. The summed E-state index contributed by atoms with van der Waals surface area (Å²) in [5.41, 5.74) is 2.99. The number of amides is 6. The molecular weight excluding hydrogens is 794 g/mol. The SMILES string of the molecule is CC[C@@H](CCCCNC(=O)[C@@H](CCNC(=O)CCNC(=O)c1ccc2c(c1)B(O)OC2)NC(=O)c1ccc2c(c1)B(O)OC2)C(=O)N1CCC[C@H]1C(=O)N[C@H](C(=O)O)[C@@H](C)O. The molecule has 19 nitrogen and oxygen atoms in total. The number of nitrogens with one attached hydrogen (secondary N) is 5. The van der Waals surface area contributed by atoms with Crippen molar-refractivity contribution in [3.63, 3.8) is 0 Å². The second-order valence-electron chi connectivity index (χ2n) is 15.5. The Morgan fingerprint density at radius 2 is 1.46 bits per heavy atom. The fourth-order valence-corrected chi connectivity index (χ4v) is 7.59. The van der Waals surface area contributed by atoms with Crippen LogP contribution in [-0.2, 0) is 46.5 Å². The summed E-state index contributed by atoms with van der Waals surface area (Å²) in [6.07, 6.45) is 1.56. The van der Waals surface area contributed by atoms with Crippen LogP contribution < -0.4 is 37.5 Å². The van der Waals surface area contributed by atoms with Gasteiger partial charge in [-0.1, -0.05) is 25.5 Å². The Hall–Kier alpha value is -5.34. The predicted octanol–water partition coefficient (Wildman–Crippen LogP) is -2.20. The normalized spacial score (nSPS) is 17.4. The average molecular weight is 849 g/mol. The number of carboxylic acid groups (broad SMARTS) is 1. The van der Waals surface area contributed by atoms with E-state index in [1.165, 1.54) is 17.9 Å². The second kappa shape index (κ2) is 22.0. The first-order valence-corrected chi connectivity index (χ1v) is 20.7. The van der Waals surface area contributed by atoms with Crippen molar-refractivity contribution >= 4 is 66.6 Å². The van der Waals surface area contributed by atoms with E-state index in [1.807, 2.05) is 6.92 Å². The zero-order chi connectivity index (χ0) is 44.2. The maximum atomic E-state index is 13.5. The van der Waals surface area contributed by atoms with Crippen LogP contribution in [0.1, 0.15) is 97.1 Å². The Morgan fingerprint density at radius 3 is 2.07 bits per heavy atom. The van der Waals surface area contributed by atoms with E-state index in [4.69, 9.17) is 9.31 Å². The molecule has 61 heavy (non-hydrogen) atoms. The van der Waals surface area contributed by atoms with Gasteiger partial charge in [0, 0.05) is 49.6 Å². The van der Waals surface area contributed by atoms with Gasteiger partial charge in [0.25, 0.3) is 11.8 Å². The summed E-state index contributed by atoms with van der Waals surface area (Å²) in [6, 6.07) is 6.15. The third-order valence-electron chi connectivity index (χ3n) is 11.2. The number of carboxylic acids is 1. The van der Waals surface area contributed by atoms with Crippen molar-refractivity contribution in [3.8, 4) is 0 Å². The molecule has 0 aliphatic carbocycles. The van der Waals surface area contributed by atoms with Gasteiger partial charge in [-0.25, -0.2) is 4.79 Å². The molecule has 328 valence electrons. The number of aliphatic carboxylic acids is 1. The van der Waals surface area contributed by atoms with Gasteiger partial charge in [0.1, 0.15) is 12.1 Å². The van der Waals surface area contributed by atoms with Gasteiger partial charge in [-0.2, -0.15) is 0 Å². The lowest BCUT2D eigenvalue weighted by molar-refractivity contribution is -0.147. The summed E-state index contributed by atoms with van der Waals surface area (Å²) in [6.45, 7) is 4.16. The fourth-order valence-electron chi connectivity index (χ4n) is 7.59. The van der Waals surface area contributed by atoms with Gasteiger partial charge in [-0.3, -0.25) is 28.8 Å². The number of hydrogen-bond acceptors (Lipinski definition) is 12. The number of benzene rings is 2. The molecule has 5 rings (SSSR count). The maximum absolute atomic E-state index is 13.5. The Morgan fingerprint density at radius 1 is 0.820 bits per heavy atom. The molecule has 0 unspecified atom stereocenters. The molecule has 0 bridgehead atoms. The van der Waals surface area contributed by atoms with E-state index < -0.39 is 79.9 Å². The summed E-state index contributed by atoms with van der Waals surface area (Å²) in [5.74, 6) is -4.56. The number of nitrogens with zero attached hydrogens (tertiary/aromatic N) is 1. The highest BCUT2D eigenvalue weighted by Gasteiger charge is 2.39. The van der Waals surface area contributed by atoms with Gasteiger partial charge in [0.2, 0.25) is 23.6 Å². The minimum Gasteiger partial charge on any atom is -0.480 e. The largest absolute Gasteiger partial charge is 0.491 e. The number of unbranched alkanes of at least 4 members (excludes halogenated alkanes) is 1. The molecule has 9 N–H and O–H groups in total. The van der Waals surface area contributed by atoms with Gasteiger partial charge in [-0.05, 0) is 91.8 Å². The lowest BCUT2D eigenvalue weighted by Crippen LogP contribution is -2.54. The molecule has 3 aliphatic heterocycles. The minimum absolute atomic E-state index is 0.0103. The van der Waals surface area contributed by atoms with Crippen LogP contribution in [0.15, 0.2) is 36.4 Å². The first-order chi connectivity index (χ1) is 29.2. The molecule has 2 aromatic rings. The first kappa shape index (κ1) is 46.7. The molecular formula is C40H54B2N6O13. The zero-order valence-corrected chi connectivity index (χ0v) is 34.3. The van der Waals surface area contributed by atoms with Crippen molar-refractivity contribution < 1.29 is 63.1 Å². The third-order valence-corrected chi connectivity index (χ3v) is 11.2. The number of fused-ring (bicyclic) bond motifs is 2. The number of rotatable bonds is 21. The molecule has 0 spiro atoms. The molecule has 0 radical (unpaired) electrons. The summed E-state index contributed by atoms with van der Waals surface area (Å²) in [7, 11) is -2.28. The van der Waals surface area contributed by atoms with Crippen molar-refractivity contribution in [1.82, 2.24) is 31.5 Å². The number of aliphatic hydroxyl groups excluding tert-OH is 1. The summed E-state index contributed by atoms with van der Waals surface area (Å²) >= 11 is 0. The number of likely N-dealkylation sites (tertiary alicyclic amines) is 1. The molecule has 3 heterocycles. The smallest absolute Gasteiger partial charge is 0.480 e. The Balaban J connectivity index is 1.10. The topological polar surface area (TPSA) is 282 Å². The van der Waals surface area contributed by atoms with Gasteiger partial charge >= 0.3 is 20.2 Å². The summed E-state index contributed by atoms with van der Waals surface area (Å²) < 4.78 is 10.4. The van der Waals surface area contributed by atoms with Crippen LogP contribution >= 0.6 is 0 Å². The van der Waals surface area contributed by atoms with Gasteiger partial charge < -0.3 is 61.1 Å². The van der Waals surface area contributed by atoms with E-state index in [1.54, 1.807) is 30.3 Å². The van der Waals surface area contributed by atoms with Crippen molar-refractivity contribution in [3.05, 3.63) is 58.7 Å². The van der Waals surface area contributed by atoms with Crippen LogP contribution in [0.5, 0.6) is 0 Å². The molecule has 2 aromatic carbocycles. The first-order valence-electron chi connectivity index (χ1n) is 20.7. The standard InChI is InChI=1S/C40H54B2N6O13/c1-3-24(39(55)48-18-6-8-32(48)38(54)47-34(23(2)49)40(56)57)7-4-5-15-44-37(53)31(46-36(52)26-10-12-28-22-61-42(59)30(28)20-26)13-16-43-33(50)14-17-45-35(51)25-9-11-27-21-60-41(58)29(27)19-25/h9-12,19-20,23-24,31-32,34,49,58-59H,3-8,13-18,21-22H2,1-2H3,(H,43,50)(H,44,53)(H,45,51)(H,46,52)(H,47,54)(H,56,57)/t23-,24+,31-,32+,34+/m1/s1. The summed E-state index contributed by atoms with van der Waals surface area (Å²) in [5, 5.41) is 52.5. The van der Waals surface area contributed by atoms with Gasteiger partial charge in [-0.15, -0.1) is 0 Å². The van der Waals surface area contributed by atoms with E-state index in [-0.39, 0.29) is 57.2 Å². The van der Waals surface area contributed by atoms with Gasteiger partial charge in [0.05, 0.1) is 19.3 Å². The number of hydrogen-bond donors (Lipinski definition) is 9. The number of carbonyl (C=O) groups is 7. The molecule has 1 fully saturated rings. The van der Waals surface area contributed by atoms with Crippen LogP contribution in [0.3, 0.4) is 0 Å². The Bertz CT molecular complexity index is 1950. The van der Waals surface area contributed by atoms with Gasteiger partial charge in [0.15, 0.2) is 6.04 Å². The van der Waals surface area contributed by atoms with Crippen molar-refractivity contribution in [1.29, 1.82) is 0 Å². The molecule has 6 amide bonds. The molecule has 5 atom stereocenters. The lowest BCUT2D eigenvalue weighted by atomic mass is 9.78. The Labute approximate surface area is 354 Å². The van der Waals surface area contributed by atoms with Crippen LogP contribution in [0.4, 0.5) is 0 Å². The van der Waals surface area contributed by atoms with E-state index in [0.29, 0.717) is 61.6 Å². The highest BCUT2D eigenvalue weighted by molar-refractivity contribution is 6.62. The molecule has 21 heteroatoms. The number of aliphatic hydroxyl groups is 1. The van der Waals surface area contributed by atoms with Crippen LogP contribution in [0.2, 0.25) is 0 Å². The molecule has 3 aliphatic rings. The van der Waals surface area contributed by atoms with Crippen molar-refractivity contribution in [2.45, 2.75) is 103 Å². The van der Waals surface area contributed by atoms with Crippen LogP contribution in [0.25, 0.3) is 0 Å². The van der Waals surface area contributed by atoms with Crippen molar-refractivity contribution in [2.24, 2.45) is 5.92 Å². The van der Waals surface area contributed by atoms with Crippen molar-refractivity contribution in [2.75, 3.05) is 26.2 Å². The monoisotopic (exact) mass is 848 g/mol. The van der Waals surface area contributed by atoms with E-state index in [2.05, 4.69) is 26.6 Å². The van der Waals surface area contributed by atoms with Crippen LogP contribution in [-0.4, -0.2) is 131 Å². The molecule has 0 aromatic heterocycles. The maximum Gasteiger partial charge on any atom is 0.491 e. The summed E-state index contributed by atoms with van der Waals surface area (Å²) in [4.78, 5) is 91.6. The predicted molar refractivity (Wildman–Crippen MR) is 220 cm³/mol. The second-order valence-corrected chi connectivity index (χ2v) is 15.5. The molecule has 1 saturated heterocycles. The van der Waals surface area contributed by atoms with E-state index in [9.17, 15) is 53.8 Å². The quantitative estimate of drug-likeness (QED) is 0.0477. The Kier molecular flexibility index (Phi) is 16.8. The third kappa shape index (κ3) is 12.4. The van der Waals surface area contributed by atoms with Crippen LogP contribution in [0, 0.1) is 5.92 Å². The van der Waals surface area contributed by atoms with E-state index in [0.717, 1.165) is 11.1 Å². The fraction of sp³-hybridized carbons (Fsp3) is 0.525.